The van der Waals surface area contributed by atoms with Crippen molar-refractivity contribution >= 4 is 35.1 Å². The number of ether oxygens (including phenoxy) is 2. The summed E-state index contributed by atoms with van der Waals surface area (Å²) in [5, 5.41) is 10.4. The number of halogens is 1. The molecule has 4 rings (SSSR count). The average molecular weight is 517 g/mol. The van der Waals surface area contributed by atoms with Crippen LogP contribution in [0.4, 0.5) is 5.69 Å². The Labute approximate surface area is 216 Å². The summed E-state index contributed by atoms with van der Waals surface area (Å²) in [6.07, 6.45) is 3.45. The summed E-state index contributed by atoms with van der Waals surface area (Å²) < 4.78 is 12.0. The van der Waals surface area contributed by atoms with E-state index < -0.39 is 52.9 Å². The first kappa shape index (κ1) is 26.4. The van der Waals surface area contributed by atoms with E-state index in [1.807, 2.05) is 13.8 Å². The second-order valence-electron chi connectivity index (χ2n) is 10.1. The second kappa shape index (κ2) is 9.65. The van der Waals surface area contributed by atoms with E-state index in [2.05, 4.69) is 13.2 Å². The number of para-hydroxylation sites is 1. The highest BCUT2D eigenvalue weighted by atomic mass is 35.5. The molecule has 194 valence electrons. The van der Waals surface area contributed by atoms with E-state index >= 15 is 0 Å². The number of hydrogen-bond acceptors (Lipinski definition) is 6. The van der Waals surface area contributed by atoms with Crippen LogP contribution in [0, 0.1) is 17.8 Å². The molecule has 0 saturated carbocycles. The molecular formula is C27H33ClN2O6. The standard InChI is InChI=1S/C27H33ClN2O6/c1-6-12-29(19-11-9-8-10-18(19)28)24(33)22-27-14-16(3)26(5,36-27)21(25(34)35-13-7-2)20(27)23(32)30(22)17(4)15-31/h6-11,16-17,20-22,31H,1-2,12-15H2,3-5H3/t16?,17-,20+,21-,22?,26+,27?/m1/s1. The van der Waals surface area contributed by atoms with Crippen LogP contribution in [0.3, 0.4) is 0 Å². The Balaban J connectivity index is 1.86. The number of likely N-dealkylation sites (tertiary alicyclic amines) is 1. The van der Waals surface area contributed by atoms with Gasteiger partial charge in [-0.2, -0.15) is 0 Å². The molecule has 0 radical (unpaired) electrons. The van der Waals surface area contributed by atoms with Gasteiger partial charge < -0.3 is 24.4 Å². The van der Waals surface area contributed by atoms with Crippen LogP contribution >= 0.6 is 11.6 Å². The van der Waals surface area contributed by atoms with Gasteiger partial charge in [0.1, 0.15) is 24.2 Å². The zero-order valence-corrected chi connectivity index (χ0v) is 21.6. The summed E-state index contributed by atoms with van der Waals surface area (Å²) in [5.74, 6) is -3.30. The van der Waals surface area contributed by atoms with Crippen molar-refractivity contribution in [3.8, 4) is 0 Å². The van der Waals surface area contributed by atoms with E-state index in [0.717, 1.165) is 0 Å². The van der Waals surface area contributed by atoms with Crippen LogP contribution in [-0.4, -0.2) is 70.8 Å². The number of anilines is 1. The molecule has 1 spiro atoms. The number of esters is 1. The lowest BCUT2D eigenvalue weighted by Gasteiger charge is -2.38. The van der Waals surface area contributed by atoms with Gasteiger partial charge in [0, 0.05) is 6.54 Å². The van der Waals surface area contributed by atoms with Crippen LogP contribution in [-0.2, 0) is 23.9 Å². The third-order valence-electron chi connectivity index (χ3n) is 8.04. The van der Waals surface area contributed by atoms with Crippen LogP contribution in [0.1, 0.15) is 27.2 Å². The summed E-state index contributed by atoms with van der Waals surface area (Å²) in [7, 11) is 0. The Morgan fingerprint density at radius 3 is 2.67 bits per heavy atom. The number of amides is 2. The number of benzene rings is 1. The Morgan fingerprint density at radius 1 is 1.36 bits per heavy atom. The summed E-state index contributed by atoms with van der Waals surface area (Å²) in [5.41, 5.74) is -1.77. The van der Waals surface area contributed by atoms with Crippen molar-refractivity contribution in [2.24, 2.45) is 17.8 Å². The number of fused-ring (bicyclic) bond motifs is 1. The fourth-order valence-electron chi connectivity index (χ4n) is 6.36. The lowest BCUT2D eigenvalue weighted by Crippen LogP contribution is -2.58. The SMILES string of the molecule is C=CCOC(=O)[C@H]1[C@H]2C(=O)N([C@H](C)CO)C(C(=O)N(CC=C)c3ccccc3Cl)C23CC(C)[C@]1(C)O3. The molecule has 3 saturated heterocycles. The lowest BCUT2D eigenvalue weighted by molar-refractivity contribution is -0.161. The van der Waals surface area contributed by atoms with Crippen molar-refractivity contribution in [1.29, 1.82) is 0 Å². The van der Waals surface area contributed by atoms with Crippen LogP contribution in [0.25, 0.3) is 0 Å². The van der Waals surface area contributed by atoms with Gasteiger partial charge in [0.05, 0.1) is 34.9 Å². The van der Waals surface area contributed by atoms with Crippen LogP contribution in [0.2, 0.25) is 5.02 Å². The molecule has 3 fully saturated rings. The van der Waals surface area contributed by atoms with Crippen molar-refractivity contribution in [2.75, 3.05) is 24.7 Å². The number of nitrogens with zero attached hydrogens (tertiary/aromatic N) is 2. The van der Waals surface area contributed by atoms with E-state index in [1.54, 1.807) is 37.3 Å². The highest BCUT2D eigenvalue weighted by Crippen LogP contribution is 2.65. The number of hydrogen-bond donors (Lipinski definition) is 1. The maximum absolute atomic E-state index is 14.4. The zero-order chi connectivity index (χ0) is 26.4. The van der Waals surface area contributed by atoms with Gasteiger partial charge in [0.15, 0.2) is 0 Å². The number of aliphatic hydroxyl groups is 1. The van der Waals surface area contributed by atoms with Gasteiger partial charge in [-0.3, -0.25) is 14.4 Å². The van der Waals surface area contributed by atoms with Gasteiger partial charge in [0.2, 0.25) is 5.91 Å². The molecule has 0 aromatic heterocycles. The first-order chi connectivity index (χ1) is 17.1. The average Bonchev–Trinajstić information content (AvgIpc) is 3.37. The fourth-order valence-corrected chi connectivity index (χ4v) is 6.60. The molecule has 8 nitrogen and oxygen atoms in total. The molecule has 2 bridgehead atoms. The monoisotopic (exact) mass is 516 g/mol. The van der Waals surface area contributed by atoms with Gasteiger partial charge in [-0.15, -0.1) is 6.58 Å². The Morgan fingerprint density at radius 2 is 2.06 bits per heavy atom. The molecule has 3 unspecified atom stereocenters. The molecule has 3 aliphatic heterocycles. The predicted octanol–water partition coefficient (Wildman–Crippen LogP) is 2.98. The van der Waals surface area contributed by atoms with E-state index in [1.165, 1.54) is 15.9 Å². The smallest absolute Gasteiger partial charge is 0.313 e. The predicted molar refractivity (Wildman–Crippen MR) is 135 cm³/mol. The number of aliphatic hydroxyl groups excluding tert-OH is 1. The zero-order valence-electron chi connectivity index (χ0n) is 20.9. The molecule has 36 heavy (non-hydrogen) atoms. The van der Waals surface area contributed by atoms with Crippen molar-refractivity contribution in [3.63, 3.8) is 0 Å². The molecule has 7 atom stereocenters. The minimum absolute atomic E-state index is 0.00639. The van der Waals surface area contributed by atoms with Crippen molar-refractivity contribution < 1.29 is 29.0 Å². The van der Waals surface area contributed by atoms with Crippen LogP contribution < -0.4 is 4.90 Å². The third-order valence-corrected chi connectivity index (χ3v) is 8.36. The summed E-state index contributed by atoms with van der Waals surface area (Å²) in [6.45, 7) is 12.6. The van der Waals surface area contributed by atoms with Gasteiger partial charge in [-0.1, -0.05) is 49.4 Å². The summed E-state index contributed by atoms with van der Waals surface area (Å²) >= 11 is 6.46. The first-order valence-corrected chi connectivity index (χ1v) is 12.5. The van der Waals surface area contributed by atoms with Gasteiger partial charge >= 0.3 is 5.97 Å². The molecular weight excluding hydrogens is 484 g/mol. The Kier molecular flexibility index (Phi) is 7.07. The van der Waals surface area contributed by atoms with E-state index in [-0.39, 0.29) is 25.7 Å². The molecule has 1 N–H and O–H groups in total. The van der Waals surface area contributed by atoms with Crippen molar-refractivity contribution in [1.82, 2.24) is 4.90 Å². The number of carbonyl (C=O) groups is 3. The van der Waals surface area contributed by atoms with Crippen molar-refractivity contribution in [2.45, 2.75) is 50.5 Å². The van der Waals surface area contributed by atoms with E-state index in [0.29, 0.717) is 17.1 Å². The fraction of sp³-hybridized carbons (Fsp3) is 0.519. The van der Waals surface area contributed by atoms with Gasteiger partial charge in [0.25, 0.3) is 5.91 Å². The highest BCUT2D eigenvalue weighted by molar-refractivity contribution is 6.34. The third kappa shape index (κ3) is 3.69. The lowest BCUT2D eigenvalue weighted by atomic mass is 9.62. The highest BCUT2D eigenvalue weighted by Gasteiger charge is 2.80. The first-order valence-electron chi connectivity index (χ1n) is 12.2. The summed E-state index contributed by atoms with van der Waals surface area (Å²) in [4.78, 5) is 44.5. The largest absolute Gasteiger partial charge is 0.461 e. The topological polar surface area (TPSA) is 96.4 Å². The quantitative estimate of drug-likeness (QED) is 0.400. The van der Waals surface area contributed by atoms with E-state index in [9.17, 15) is 19.5 Å². The van der Waals surface area contributed by atoms with Crippen LogP contribution in [0.5, 0.6) is 0 Å². The minimum atomic E-state index is -1.26. The molecule has 2 amide bonds. The maximum Gasteiger partial charge on any atom is 0.313 e. The maximum atomic E-state index is 14.4. The molecule has 9 heteroatoms. The van der Waals surface area contributed by atoms with Gasteiger partial charge in [-0.05, 0) is 38.3 Å². The Hall–Kier alpha value is -2.68. The second-order valence-corrected chi connectivity index (χ2v) is 10.5. The number of rotatable bonds is 9. The molecule has 1 aromatic rings. The van der Waals surface area contributed by atoms with Crippen molar-refractivity contribution in [3.05, 3.63) is 54.6 Å². The Bertz CT molecular complexity index is 1090. The molecule has 1 aromatic carbocycles. The minimum Gasteiger partial charge on any atom is -0.461 e. The van der Waals surface area contributed by atoms with Gasteiger partial charge in [-0.25, -0.2) is 0 Å². The molecule has 3 heterocycles. The number of carbonyl (C=O) groups excluding carboxylic acids is 3. The van der Waals surface area contributed by atoms with Crippen LogP contribution in [0.15, 0.2) is 49.6 Å². The van der Waals surface area contributed by atoms with E-state index in [4.69, 9.17) is 21.1 Å². The normalized spacial score (nSPS) is 33.2. The molecule has 3 aliphatic rings. The summed E-state index contributed by atoms with van der Waals surface area (Å²) in [6, 6.07) is 5.18. The molecule has 0 aliphatic carbocycles.